The van der Waals surface area contributed by atoms with Gasteiger partial charge in [-0.25, -0.2) is 4.79 Å². The molecular weight excluding hydrogens is 274 g/mol. The number of carboxylic acids is 1. The maximum Gasteiger partial charge on any atom is 0.335 e. The van der Waals surface area contributed by atoms with Gasteiger partial charge in [-0.05, 0) is 43.2 Å². The van der Waals surface area contributed by atoms with Crippen molar-refractivity contribution in [2.45, 2.75) is 30.9 Å². The highest BCUT2D eigenvalue weighted by atomic mass is 32.2. The molecular formula is C15H19NO3S. The summed E-state index contributed by atoms with van der Waals surface area (Å²) in [5.74, 6) is 0.206. The lowest BCUT2D eigenvalue weighted by atomic mass is 10.1. The number of carboxylic acid groups (broad SMARTS) is 1. The van der Waals surface area contributed by atoms with Crippen molar-refractivity contribution in [3.05, 3.63) is 35.4 Å². The molecule has 0 spiro atoms. The van der Waals surface area contributed by atoms with Crippen LogP contribution in [0.3, 0.4) is 0 Å². The Morgan fingerprint density at radius 1 is 1.35 bits per heavy atom. The molecule has 0 aromatic heterocycles. The summed E-state index contributed by atoms with van der Waals surface area (Å²) in [6.45, 7) is 2.89. The first-order valence-corrected chi connectivity index (χ1v) is 7.70. The summed E-state index contributed by atoms with van der Waals surface area (Å²) in [6, 6.07) is 6.43. The van der Waals surface area contributed by atoms with Crippen molar-refractivity contribution in [2.24, 2.45) is 0 Å². The van der Waals surface area contributed by atoms with Crippen LogP contribution in [-0.2, 0) is 11.2 Å². The molecule has 0 bridgehead atoms. The summed E-state index contributed by atoms with van der Waals surface area (Å²) in [4.78, 5) is 22.6. The first-order valence-electron chi connectivity index (χ1n) is 6.71. The second kappa shape index (κ2) is 6.31. The third-order valence-corrected chi connectivity index (χ3v) is 5.06. The van der Waals surface area contributed by atoms with Crippen molar-refractivity contribution in [3.8, 4) is 0 Å². The number of nitrogens with one attached hydrogen (secondary N) is 1. The van der Waals surface area contributed by atoms with Crippen molar-refractivity contribution in [1.29, 1.82) is 0 Å². The largest absolute Gasteiger partial charge is 0.478 e. The molecule has 4 nitrogen and oxygen atoms in total. The molecule has 1 amide bonds. The van der Waals surface area contributed by atoms with Crippen molar-refractivity contribution in [3.63, 3.8) is 0 Å². The molecule has 2 N–H and O–H groups in total. The smallest absolute Gasteiger partial charge is 0.335 e. The second-order valence-electron chi connectivity index (χ2n) is 5.36. The molecule has 1 aliphatic rings. The van der Waals surface area contributed by atoms with Gasteiger partial charge in [0.25, 0.3) is 0 Å². The molecule has 1 atom stereocenters. The fraction of sp³-hybridized carbons (Fsp3) is 0.467. The lowest BCUT2D eigenvalue weighted by Gasteiger charge is -2.22. The quantitative estimate of drug-likeness (QED) is 0.874. The van der Waals surface area contributed by atoms with Gasteiger partial charge in [0.1, 0.15) is 0 Å². The normalized spacial score (nSPS) is 21.6. The summed E-state index contributed by atoms with van der Waals surface area (Å²) in [7, 11) is 0. The SMILES string of the molecule is CC1(CNC(=O)Cc2ccc(C(=O)O)cc2)CCCS1. The summed E-state index contributed by atoms with van der Waals surface area (Å²) in [5, 5.41) is 11.8. The van der Waals surface area contributed by atoms with E-state index in [9.17, 15) is 9.59 Å². The third kappa shape index (κ3) is 4.00. The van der Waals surface area contributed by atoms with E-state index >= 15 is 0 Å². The molecule has 0 aliphatic carbocycles. The van der Waals surface area contributed by atoms with Gasteiger partial charge in [0, 0.05) is 11.3 Å². The average molecular weight is 293 g/mol. The fourth-order valence-corrected chi connectivity index (χ4v) is 3.52. The zero-order valence-corrected chi connectivity index (χ0v) is 12.3. The second-order valence-corrected chi connectivity index (χ2v) is 7.04. The van der Waals surface area contributed by atoms with Gasteiger partial charge < -0.3 is 10.4 Å². The summed E-state index contributed by atoms with van der Waals surface area (Å²) < 4.78 is 0.169. The van der Waals surface area contributed by atoms with E-state index in [2.05, 4.69) is 12.2 Å². The van der Waals surface area contributed by atoms with Gasteiger partial charge in [-0.3, -0.25) is 4.79 Å². The minimum Gasteiger partial charge on any atom is -0.478 e. The van der Waals surface area contributed by atoms with E-state index < -0.39 is 5.97 Å². The average Bonchev–Trinajstić information content (AvgIpc) is 2.85. The minimum atomic E-state index is -0.952. The third-order valence-electron chi connectivity index (χ3n) is 3.53. The van der Waals surface area contributed by atoms with Crippen LogP contribution in [0.1, 0.15) is 35.7 Å². The van der Waals surface area contributed by atoms with Gasteiger partial charge in [0.15, 0.2) is 0 Å². The molecule has 1 saturated heterocycles. The van der Waals surface area contributed by atoms with Crippen molar-refractivity contribution >= 4 is 23.6 Å². The highest BCUT2D eigenvalue weighted by molar-refractivity contribution is 8.00. The summed E-state index contributed by atoms with van der Waals surface area (Å²) in [5.41, 5.74) is 1.07. The van der Waals surface area contributed by atoms with Crippen LogP contribution in [0.2, 0.25) is 0 Å². The van der Waals surface area contributed by atoms with Crippen molar-refractivity contribution in [1.82, 2.24) is 5.32 Å². The molecule has 0 radical (unpaired) electrons. The Bertz CT molecular complexity index is 492. The first kappa shape index (κ1) is 14.9. The molecule has 0 saturated carbocycles. The van der Waals surface area contributed by atoms with Crippen LogP contribution in [0.15, 0.2) is 24.3 Å². The van der Waals surface area contributed by atoms with Crippen LogP contribution in [0.5, 0.6) is 0 Å². The Hall–Kier alpha value is -1.49. The van der Waals surface area contributed by atoms with Gasteiger partial charge in [-0.2, -0.15) is 11.8 Å². The van der Waals surface area contributed by atoms with Gasteiger partial charge in [0.05, 0.1) is 12.0 Å². The van der Waals surface area contributed by atoms with E-state index in [1.165, 1.54) is 24.3 Å². The first-order chi connectivity index (χ1) is 9.48. The number of amides is 1. The van der Waals surface area contributed by atoms with Gasteiger partial charge in [-0.15, -0.1) is 0 Å². The van der Waals surface area contributed by atoms with E-state index in [1.807, 2.05) is 11.8 Å². The molecule has 1 fully saturated rings. The lowest BCUT2D eigenvalue weighted by molar-refractivity contribution is -0.120. The zero-order chi connectivity index (χ0) is 14.6. The van der Waals surface area contributed by atoms with E-state index in [0.717, 1.165) is 12.0 Å². The summed E-state index contributed by atoms with van der Waals surface area (Å²) >= 11 is 1.92. The lowest BCUT2D eigenvalue weighted by Crippen LogP contribution is -2.37. The molecule has 1 unspecified atom stereocenters. The molecule has 1 aliphatic heterocycles. The van der Waals surface area contributed by atoms with Gasteiger partial charge in [-0.1, -0.05) is 12.1 Å². The Balaban J connectivity index is 1.83. The standard InChI is InChI=1S/C15H19NO3S/c1-15(7-2-8-20-15)10-16-13(17)9-11-3-5-12(6-4-11)14(18)19/h3-6H,2,7-10H2,1H3,(H,16,17)(H,18,19). The molecule has 1 aromatic carbocycles. The van der Waals surface area contributed by atoms with E-state index in [-0.39, 0.29) is 16.2 Å². The maximum atomic E-state index is 11.9. The number of aromatic carboxylic acids is 1. The highest BCUT2D eigenvalue weighted by Gasteiger charge is 2.29. The van der Waals surface area contributed by atoms with Crippen LogP contribution in [0.25, 0.3) is 0 Å². The van der Waals surface area contributed by atoms with Crippen LogP contribution in [0, 0.1) is 0 Å². The summed E-state index contributed by atoms with van der Waals surface area (Å²) in [6.07, 6.45) is 2.65. The fourth-order valence-electron chi connectivity index (χ4n) is 2.27. The Kier molecular flexibility index (Phi) is 4.70. The van der Waals surface area contributed by atoms with Crippen LogP contribution < -0.4 is 5.32 Å². The number of benzene rings is 1. The number of thioether (sulfide) groups is 1. The Morgan fingerprint density at radius 3 is 2.60 bits per heavy atom. The van der Waals surface area contributed by atoms with E-state index in [1.54, 1.807) is 12.1 Å². The monoisotopic (exact) mass is 293 g/mol. The zero-order valence-electron chi connectivity index (χ0n) is 11.5. The molecule has 20 heavy (non-hydrogen) atoms. The van der Waals surface area contributed by atoms with Crippen LogP contribution in [-0.4, -0.2) is 34.0 Å². The number of carbonyl (C=O) groups excluding carboxylic acids is 1. The number of carbonyl (C=O) groups is 2. The van der Waals surface area contributed by atoms with Gasteiger partial charge in [0.2, 0.25) is 5.91 Å². The molecule has 1 aromatic rings. The predicted molar refractivity (Wildman–Crippen MR) is 80.2 cm³/mol. The van der Waals surface area contributed by atoms with Gasteiger partial charge >= 0.3 is 5.97 Å². The number of hydrogen-bond donors (Lipinski definition) is 2. The Labute approximate surface area is 123 Å². The van der Waals surface area contributed by atoms with Crippen molar-refractivity contribution < 1.29 is 14.7 Å². The van der Waals surface area contributed by atoms with Crippen LogP contribution in [0.4, 0.5) is 0 Å². The number of rotatable bonds is 5. The number of hydrogen-bond acceptors (Lipinski definition) is 3. The highest BCUT2D eigenvalue weighted by Crippen LogP contribution is 2.36. The molecule has 2 rings (SSSR count). The van der Waals surface area contributed by atoms with E-state index in [4.69, 9.17) is 5.11 Å². The molecule has 1 heterocycles. The topological polar surface area (TPSA) is 66.4 Å². The molecule has 108 valence electrons. The minimum absolute atomic E-state index is 0.0122. The predicted octanol–water partition coefficient (Wildman–Crippen LogP) is 2.33. The van der Waals surface area contributed by atoms with Crippen molar-refractivity contribution in [2.75, 3.05) is 12.3 Å². The van der Waals surface area contributed by atoms with Crippen LogP contribution >= 0.6 is 11.8 Å². The molecule has 5 heteroatoms. The van der Waals surface area contributed by atoms with E-state index in [0.29, 0.717) is 13.0 Å². The maximum absolute atomic E-state index is 11.9. The Morgan fingerprint density at radius 2 is 2.05 bits per heavy atom.